The van der Waals surface area contributed by atoms with Crippen molar-refractivity contribution in [2.45, 2.75) is 6.04 Å². The summed E-state index contributed by atoms with van der Waals surface area (Å²) in [5.41, 5.74) is 4.98. The van der Waals surface area contributed by atoms with Gasteiger partial charge >= 0.3 is 0 Å². The Labute approximate surface area is 80.1 Å². The van der Waals surface area contributed by atoms with Crippen molar-refractivity contribution >= 4 is 0 Å². The molecule has 0 fully saturated rings. The van der Waals surface area contributed by atoms with Gasteiger partial charge in [0, 0.05) is 5.56 Å². The molecule has 3 N–H and O–H groups in total. The van der Waals surface area contributed by atoms with Gasteiger partial charge < -0.3 is 15.6 Å². The van der Waals surface area contributed by atoms with Gasteiger partial charge in [-0.15, -0.1) is 0 Å². The molecule has 0 aromatic heterocycles. The fourth-order valence-corrected chi connectivity index (χ4v) is 1.14. The van der Waals surface area contributed by atoms with Crippen molar-refractivity contribution in [1.29, 1.82) is 0 Å². The molecule has 1 atom stereocenters. The molecule has 5 heteroatoms. The average Bonchev–Trinajstić information content (AvgIpc) is 2.18. The van der Waals surface area contributed by atoms with Gasteiger partial charge in [0.05, 0.1) is 19.8 Å². The van der Waals surface area contributed by atoms with Gasteiger partial charge in [0.2, 0.25) is 0 Å². The molecule has 0 saturated heterocycles. The fraction of sp³-hybridized carbons (Fsp3) is 0.333. The van der Waals surface area contributed by atoms with Crippen LogP contribution in [0, 0.1) is 11.6 Å². The molecule has 1 aromatic carbocycles. The number of aliphatic hydroxyl groups excluding tert-OH is 1. The Morgan fingerprint density at radius 1 is 1.50 bits per heavy atom. The van der Waals surface area contributed by atoms with E-state index in [1.54, 1.807) is 0 Å². The van der Waals surface area contributed by atoms with Gasteiger partial charge in [0.1, 0.15) is 5.82 Å². The van der Waals surface area contributed by atoms with Crippen molar-refractivity contribution in [1.82, 2.24) is 0 Å². The number of hydrogen-bond donors (Lipinski definition) is 2. The first-order valence-electron chi connectivity index (χ1n) is 4.00. The first-order chi connectivity index (χ1) is 6.61. The van der Waals surface area contributed by atoms with Gasteiger partial charge in [0.25, 0.3) is 0 Å². The second kappa shape index (κ2) is 4.34. The van der Waals surface area contributed by atoms with Crippen LogP contribution in [0.15, 0.2) is 12.1 Å². The SMILES string of the molecule is COc1ccc(F)c([C@H](N)CO)c1F. The lowest BCUT2D eigenvalue weighted by Gasteiger charge is -2.12. The summed E-state index contributed by atoms with van der Waals surface area (Å²) < 4.78 is 31.2. The molecule has 0 bridgehead atoms. The molecule has 0 spiro atoms. The Morgan fingerprint density at radius 2 is 2.14 bits per heavy atom. The van der Waals surface area contributed by atoms with Crippen LogP contribution in [0.3, 0.4) is 0 Å². The minimum atomic E-state index is -1.08. The van der Waals surface area contributed by atoms with Crippen molar-refractivity contribution in [2.24, 2.45) is 5.73 Å². The summed E-state index contributed by atoms with van der Waals surface area (Å²) >= 11 is 0. The van der Waals surface area contributed by atoms with Gasteiger partial charge in [-0.2, -0.15) is 0 Å². The van der Waals surface area contributed by atoms with E-state index >= 15 is 0 Å². The smallest absolute Gasteiger partial charge is 0.172 e. The van der Waals surface area contributed by atoms with E-state index in [1.807, 2.05) is 0 Å². The number of benzene rings is 1. The van der Waals surface area contributed by atoms with Crippen molar-refractivity contribution < 1.29 is 18.6 Å². The van der Waals surface area contributed by atoms with Crippen LogP contribution in [0.25, 0.3) is 0 Å². The number of hydrogen-bond acceptors (Lipinski definition) is 3. The molecule has 0 unspecified atom stereocenters. The van der Waals surface area contributed by atoms with Crippen LogP contribution in [0.4, 0.5) is 8.78 Å². The summed E-state index contributed by atoms with van der Waals surface area (Å²) in [6.07, 6.45) is 0. The monoisotopic (exact) mass is 203 g/mol. The zero-order chi connectivity index (χ0) is 10.7. The molecule has 0 radical (unpaired) electrons. The van der Waals surface area contributed by atoms with E-state index in [9.17, 15) is 8.78 Å². The molecular weight excluding hydrogens is 192 g/mol. The van der Waals surface area contributed by atoms with E-state index in [-0.39, 0.29) is 11.3 Å². The highest BCUT2D eigenvalue weighted by atomic mass is 19.1. The van der Waals surface area contributed by atoms with Gasteiger partial charge in [-0.3, -0.25) is 0 Å². The minimum Gasteiger partial charge on any atom is -0.494 e. The third kappa shape index (κ3) is 1.83. The van der Waals surface area contributed by atoms with Gasteiger partial charge in [-0.05, 0) is 12.1 Å². The van der Waals surface area contributed by atoms with E-state index in [1.165, 1.54) is 7.11 Å². The van der Waals surface area contributed by atoms with E-state index in [0.717, 1.165) is 12.1 Å². The molecule has 0 heterocycles. The maximum atomic E-state index is 13.4. The summed E-state index contributed by atoms with van der Waals surface area (Å²) in [7, 11) is 1.27. The summed E-state index contributed by atoms with van der Waals surface area (Å²) in [6, 6.07) is 1.13. The van der Waals surface area contributed by atoms with E-state index in [2.05, 4.69) is 4.74 Å². The molecule has 14 heavy (non-hydrogen) atoms. The van der Waals surface area contributed by atoms with Crippen molar-refractivity contribution in [3.8, 4) is 5.75 Å². The van der Waals surface area contributed by atoms with Crippen LogP contribution in [0.2, 0.25) is 0 Å². The molecule has 78 valence electrons. The molecular formula is C9H11F2NO2. The lowest BCUT2D eigenvalue weighted by Crippen LogP contribution is -2.18. The number of rotatable bonds is 3. The number of aliphatic hydroxyl groups is 1. The fourth-order valence-electron chi connectivity index (χ4n) is 1.14. The van der Waals surface area contributed by atoms with Gasteiger partial charge in [0.15, 0.2) is 11.6 Å². The topological polar surface area (TPSA) is 55.5 Å². The van der Waals surface area contributed by atoms with Gasteiger partial charge in [-0.1, -0.05) is 0 Å². The van der Waals surface area contributed by atoms with Crippen molar-refractivity contribution in [3.63, 3.8) is 0 Å². The largest absolute Gasteiger partial charge is 0.494 e. The van der Waals surface area contributed by atoms with Crippen LogP contribution in [-0.4, -0.2) is 18.8 Å². The zero-order valence-electron chi connectivity index (χ0n) is 7.63. The molecule has 1 aromatic rings. The van der Waals surface area contributed by atoms with Crippen LogP contribution in [0.1, 0.15) is 11.6 Å². The normalized spacial score (nSPS) is 12.6. The Kier molecular flexibility index (Phi) is 3.38. The lowest BCUT2D eigenvalue weighted by atomic mass is 10.1. The van der Waals surface area contributed by atoms with Crippen LogP contribution >= 0.6 is 0 Å². The summed E-state index contributed by atoms with van der Waals surface area (Å²) in [6.45, 7) is -0.527. The number of nitrogens with two attached hydrogens (primary N) is 1. The zero-order valence-corrected chi connectivity index (χ0v) is 7.63. The van der Waals surface area contributed by atoms with E-state index in [4.69, 9.17) is 10.8 Å². The van der Waals surface area contributed by atoms with Gasteiger partial charge in [-0.25, -0.2) is 8.78 Å². The average molecular weight is 203 g/mol. The molecule has 0 amide bonds. The van der Waals surface area contributed by atoms with Crippen LogP contribution in [-0.2, 0) is 0 Å². The molecule has 0 aliphatic carbocycles. The van der Waals surface area contributed by atoms with E-state index in [0.29, 0.717) is 0 Å². The lowest BCUT2D eigenvalue weighted by molar-refractivity contribution is 0.260. The predicted molar refractivity (Wildman–Crippen MR) is 46.9 cm³/mol. The number of halogens is 2. The Hall–Kier alpha value is -1.20. The third-order valence-electron chi connectivity index (χ3n) is 1.88. The molecule has 3 nitrogen and oxygen atoms in total. The molecule has 0 aliphatic heterocycles. The Balaban J connectivity index is 3.25. The highest BCUT2D eigenvalue weighted by molar-refractivity contribution is 5.34. The van der Waals surface area contributed by atoms with Crippen molar-refractivity contribution in [2.75, 3.05) is 13.7 Å². The predicted octanol–water partition coefficient (Wildman–Crippen LogP) is 0.966. The summed E-state index contributed by atoms with van der Waals surface area (Å²) in [4.78, 5) is 0. The van der Waals surface area contributed by atoms with Crippen LogP contribution in [0.5, 0.6) is 5.75 Å². The highest BCUT2D eigenvalue weighted by Gasteiger charge is 2.19. The maximum absolute atomic E-state index is 13.4. The quantitative estimate of drug-likeness (QED) is 0.769. The molecule has 1 rings (SSSR count). The first-order valence-corrected chi connectivity index (χ1v) is 4.00. The molecule has 0 aliphatic rings. The van der Waals surface area contributed by atoms with Crippen molar-refractivity contribution in [3.05, 3.63) is 29.3 Å². The molecule has 0 saturated carbocycles. The third-order valence-corrected chi connectivity index (χ3v) is 1.88. The first kappa shape index (κ1) is 10.9. The Bertz CT molecular complexity index is 331. The second-order valence-electron chi connectivity index (χ2n) is 2.77. The maximum Gasteiger partial charge on any atom is 0.172 e. The number of ether oxygens (including phenoxy) is 1. The second-order valence-corrected chi connectivity index (χ2v) is 2.77. The highest BCUT2D eigenvalue weighted by Crippen LogP contribution is 2.26. The standard InChI is InChI=1S/C9H11F2NO2/c1-14-7-3-2-5(10)8(9(7)11)6(12)4-13/h2-3,6,13H,4,12H2,1H3/t6-/m1/s1. The Morgan fingerprint density at radius 3 is 2.64 bits per heavy atom. The number of methoxy groups -OCH3 is 1. The summed E-state index contributed by atoms with van der Waals surface area (Å²) in [5, 5.41) is 8.70. The van der Waals surface area contributed by atoms with Crippen LogP contribution < -0.4 is 10.5 Å². The minimum absolute atomic E-state index is 0.0923. The summed E-state index contributed by atoms with van der Waals surface area (Å²) in [5.74, 6) is -1.75. The van der Waals surface area contributed by atoms with E-state index < -0.39 is 24.3 Å².